The largest absolute Gasteiger partial charge is 0.338 e. The molecule has 100 valence electrons. The van der Waals surface area contributed by atoms with E-state index in [1.54, 1.807) is 11.0 Å². The Kier molecular flexibility index (Phi) is 3.91. The number of piperidine rings is 1. The Morgan fingerprint density at radius 3 is 2.63 bits per heavy atom. The summed E-state index contributed by atoms with van der Waals surface area (Å²) in [7, 11) is 0. The van der Waals surface area contributed by atoms with E-state index in [4.69, 9.17) is 5.26 Å². The number of nitriles is 1. The molecule has 0 bridgehead atoms. The molecule has 0 radical (unpaired) electrons. The summed E-state index contributed by atoms with van der Waals surface area (Å²) in [5, 5.41) is 9.05. The quantitative estimate of drug-likeness (QED) is 0.795. The Morgan fingerprint density at radius 2 is 2.11 bits per heavy atom. The van der Waals surface area contributed by atoms with Gasteiger partial charge in [0.1, 0.15) is 5.82 Å². The molecule has 0 spiro atoms. The number of nitrogens with zero attached hydrogens (tertiary/aromatic N) is 2. The van der Waals surface area contributed by atoms with Crippen molar-refractivity contribution in [3.05, 3.63) is 34.1 Å². The van der Waals surface area contributed by atoms with Crippen molar-refractivity contribution in [2.75, 3.05) is 13.1 Å². The third-order valence-corrected chi connectivity index (χ3v) is 4.08. The van der Waals surface area contributed by atoms with Gasteiger partial charge in [-0.3, -0.25) is 4.79 Å². The third-order valence-electron chi connectivity index (χ3n) is 3.59. The zero-order chi connectivity index (χ0) is 14.0. The molecule has 1 aromatic carbocycles. The van der Waals surface area contributed by atoms with Crippen molar-refractivity contribution in [2.24, 2.45) is 5.41 Å². The lowest BCUT2D eigenvalue weighted by Crippen LogP contribution is -2.41. The van der Waals surface area contributed by atoms with E-state index in [9.17, 15) is 9.18 Å². The van der Waals surface area contributed by atoms with Gasteiger partial charge >= 0.3 is 0 Å². The van der Waals surface area contributed by atoms with Crippen molar-refractivity contribution in [1.29, 1.82) is 5.26 Å². The van der Waals surface area contributed by atoms with Gasteiger partial charge in [-0.2, -0.15) is 5.26 Å². The summed E-state index contributed by atoms with van der Waals surface area (Å²) in [6.45, 7) is 2.89. The number of benzene rings is 1. The fourth-order valence-corrected chi connectivity index (χ4v) is 2.48. The highest BCUT2D eigenvalue weighted by Crippen LogP contribution is 2.30. The van der Waals surface area contributed by atoms with Crippen LogP contribution >= 0.6 is 15.9 Å². The van der Waals surface area contributed by atoms with E-state index >= 15 is 0 Å². The number of carbonyl (C=O) groups excluding carboxylic acids is 1. The van der Waals surface area contributed by atoms with E-state index in [2.05, 4.69) is 22.0 Å². The second-order valence-electron chi connectivity index (χ2n) is 5.09. The molecule has 0 aliphatic carbocycles. The summed E-state index contributed by atoms with van der Waals surface area (Å²) in [5.41, 5.74) is -0.279. The van der Waals surface area contributed by atoms with Gasteiger partial charge in [0.25, 0.3) is 5.91 Å². The van der Waals surface area contributed by atoms with Crippen LogP contribution in [0.25, 0.3) is 0 Å². The monoisotopic (exact) mass is 324 g/mol. The minimum atomic E-state index is -0.520. The molecule has 1 amide bonds. The number of hydrogen-bond acceptors (Lipinski definition) is 2. The first-order chi connectivity index (χ1) is 8.95. The standard InChI is InChI=1S/C14H14BrFN2O/c1-14(9-17)4-6-18(7-5-14)13(19)11-3-2-10(15)8-12(11)16/h2-3,8H,4-7H2,1H3. The lowest BCUT2D eigenvalue weighted by atomic mass is 9.82. The maximum atomic E-state index is 13.7. The highest BCUT2D eigenvalue weighted by atomic mass is 79.9. The molecule has 0 N–H and O–H groups in total. The van der Waals surface area contributed by atoms with Crippen LogP contribution in [0.15, 0.2) is 22.7 Å². The Morgan fingerprint density at radius 1 is 1.47 bits per heavy atom. The van der Waals surface area contributed by atoms with Gasteiger partial charge in [0.2, 0.25) is 0 Å². The fraction of sp³-hybridized carbons (Fsp3) is 0.429. The molecule has 1 aromatic rings. The van der Waals surface area contributed by atoms with Gasteiger partial charge in [-0.05, 0) is 38.0 Å². The Hall–Kier alpha value is -1.41. The second kappa shape index (κ2) is 5.30. The average molecular weight is 325 g/mol. The summed E-state index contributed by atoms with van der Waals surface area (Å²) in [6.07, 6.45) is 1.26. The summed E-state index contributed by atoms with van der Waals surface area (Å²) in [4.78, 5) is 13.8. The van der Waals surface area contributed by atoms with E-state index in [0.29, 0.717) is 30.4 Å². The SMILES string of the molecule is CC1(C#N)CCN(C(=O)c2ccc(Br)cc2F)CC1. The first-order valence-electron chi connectivity index (χ1n) is 6.11. The highest BCUT2D eigenvalue weighted by Gasteiger charge is 2.32. The Labute approximate surface area is 120 Å². The molecule has 1 heterocycles. The number of halogens is 2. The molecule has 19 heavy (non-hydrogen) atoms. The molecule has 0 aromatic heterocycles. The number of amides is 1. The smallest absolute Gasteiger partial charge is 0.256 e. The molecule has 2 rings (SSSR count). The van der Waals surface area contributed by atoms with Crippen LogP contribution in [0.5, 0.6) is 0 Å². The third kappa shape index (κ3) is 2.95. The average Bonchev–Trinajstić information content (AvgIpc) is 2.39. The molecule has 1 fully saturated rings. The van der Waals surface area contributed by atoms with Crippen molar-refractivity contribution in [2.45, 2.75) is 19.8 Å². The zero-order valence-corrected chi connectivity index (χ0v) is 12.2. The predicted octanol–water partition coefficient (Wildman–Crippen LogP) is 3.35. The number of rotatable bonds is 1. The molecule has 5 heteroatoms. The normalized spacial score (nSPS) is 17.9. The molecule has 0 unspecified atom stereocenters. The van der Waals surface area contributed by atoms with Crippen molar-refractivity contribution in [1.82, 2.24) is 4.90 Å². The van der Waals surface area contributed by atoms with Crippen molar-refractivity contribution in [3.63, 3.8) is 0 Å². The van der Waals surface area contributed by atoms with E-state index < -0.39 is 5.82 Å². The molecule has 1 saturated heterocycles. The molecule has 1 aliphatic heterocycles. The van der Waals surface area contributed by atoms with Crippen LogP contribution in [0, 0.1) is 22.6 Å². The van der Waals surface area contributed by atoms with Crippen LogP contribution in [-0.2, 0) is 0 Å². The van der Waals surface area contributed by atoms with Crippen molar-refractivity contribution >= 4 is 21.8 Å². The minimum Gasteiger partial charge on any atom is -0.338 e. The van der Waals surface area contributed by atoms with E-state index in [1.165, 1.54) is 12.1 Å². The Balaban J connectivity index is 2.12. The number of carbonyl (C=O) groups is 1. The van der Waals surface area contributed by atoms with Crippen LogP contribution < -0.4 is 0 Å². The fourth-order valence-electron chi connectivity index (χ4n) is 2.15. The lowest BCUT2D eigenvalue weighted by molar-refractivity contribution is 0.0657. The summed E-state index contributed by atoms with van der Waals surface area (Å²) >= 11 is 3.16. The van der Waals surface area contributed by atoms with Gasteiger partial charge in [-0.15, -0.1) is 0 Å². The van der Waals surface area contributed by atoms with E-state index in [1.807, 2.05) is 6.92 Å². The van der Waals surface area contributed by atoms with Gasteiger partial charge in [-0.25, -0.2) is 4.39 Å². The predicted molar refractivity (Wildman–Crippen MR) is 73.0 cm³/mol. The van der Waals surface area contributed by atoms with Gasteiger partial charge in [0.05, 0.1) is 17.0 Å². The number of likely N-dealkylation sites (tertiary alicyclic amines) is 1. The van der Waals surface area contributed by atoms with Gasteiger partial charge < -0.3 is 4.90 Å². The molecule has 3 nitrogen and oxygen atoms in total. The molecule has 0 atom stereocenters. The van der Waals surface area contributed by atoms with Crippen LogP contribution in [0.4, 0.5) is 4.39 Å². The maximum absolute atomic E-state index is 13.7. The summed E-state index contributed by atoms with van der Waals surface area (Å²) in [5.74, 6) is -0.821. The molecular weight excluding hydrogens is 311 g/mol. The van der Waals surface area contributed by atoms with Crippen LogP contribution in [-0.4, -0.2) is 23.9 Å². The summed E-state index contributed by atoms with van der Waals surface area (Å²) in [6, 6.07) is 6.71. The first kappa shape index (κ1) is 14.0. The van der Waals surface area contributed by atoms with Crippen LogP contribution in [0.3, 0.4) is 0 Å². The minimum absolute atomic E-state index is 0.0868. The molecule has 1 aliphatic rings. The highest BCUT2D eigenvalue weighted by molar-refractivity contribution is 9.10. The molecule has 0 saturated carbocycles. The summed E-state index contributed by atoms with van der Waals surface area (Å²) < 4.78 is 14.4. The lowest BCUT2D eigenvalue weighted by Gasteiger charge is -2.35. The van der Waals surface area contributed by atoms with Crippen molar-refractivity contribution in [3.8, 4) is 6.07 Å². The topological polar surface area (TPSA) is 44.1 Å². The van der Waals surface area contributed by atoms with Crippen LogP contribution in [0.2, 0.25) is 0 Å². The van der Waals surface area contributed by atoms with Gasteiger partial charge in [0.15, 0.2) is 0 Å². The van der Waals surface area contributed by atoms with Crippen molar-refractivity contribution < 1.29 is 9.18 Å². The molecular formula is C14H14BrFN2O. The van der Waals surface area contributed by atoms with Gasteiger partial charge in [0, 0.05) is 17.6 Å². The second-order valence-corrected chi connectivity index (χ2v) is 6.00. The zero-order valence-electron chi connectivity index (χ0n) is 10.6. The number of hydrogen-bond donors (Lipinski definition) is 0. The van der Waals surface area contributed by atoms with Gasteiger partial charge in [-0.1, -0.05) is 15.9 Å². The first-order valence-corrected chi connectivity index (χ1v) is 6.90. The maximum Gasteiger partial charge on any atom is 0.256 e. The van der Waals surface area contributed by atoms with E-state index in [0.717, 1.165) is 0 Å². The van der Waals surface area contributed by atoms with Crippen LogP contribution in [0.1, 0.15) is 30.1 Å². The Bertz CT molecular complexity index is 545. The van der Waals surface area contributed by atoms with E-state index in [-0.39, 0.29) is 16.9 Å².